The topological polar surface area (TPSA) is 99.0 Å². The number of ether oxygens (including phenoxy) is 2. The molecule has 11 heteroatoms. The van der Waals surface area contributed by atoms with Crippen molar-refractivity contribution in [3.05, 3.63) is 102 Å². The molecule has 2 amide bonds. The second kappa shape index (κ2) is 11.7. The average Bonchev–Trinajstić information content (AvgIpc) is 3.12. The Bertz CT molecular complexity index is 1410. The van der Waals surface area contributed by atoms with E-state index in [4.69, 9.17) is 32.7 Å². The lowest BCUT2D eigenvalue weighted by atomic mass is 10.1. The largest absolute Gasteiger partial charge is 0.490 e. The monoisotopic (exact) mass is 558 g/mol. The Morgan fingerprint density at radius 2 is 1.84 bits per heavy atom. The number of hydrogen-bond donors (Lipinski definition) is 0. The molecule has 37 heavy (non-hydrogen) atoms. The molecular formula is C26H20Cl2N2O6S. The SMILES string of the molecule is CCOc1cc(/C=C2\SC(=O)N(Cc3ccc(Cl)cc3Cl)C2=O)ccc1OCc1cccc([N+](=O)[O-])c1. The third-order valence-corrected chi connectivity index (χ3v) is 6.79. The second-order valence-corrected chi connectivity index (χ2v) is 9.70. The lowest BCUT2D eigenvalue weighted by molar-refractivity contribution is -0.384. The molecule has 0 aliphatic carbocycles. The molecule has 0 bridgehead atoms. The number of hydrogen-bond acceptors (Lipinski definition) is 7. The van der Waals surface area contributed by atoms with Crippen LogP contribution in [0.25, 0.3) is 6.08 Å². The zero-order chi connectivity index (χ0) is 26.5. The molecule has 0 saturated carbocycles. The summed E-state index contributed by atoms with van der Waals surface area (Å²) in [5, 5.41) is 11.4. The number of thioether (sulfide) groups is 1. The molecule has 0 atom stereocenters. The summed E-state index contributed by atoms with van der Waals surface area (Å²) in [5.74, 6) is 0.454. The molecular weight excluding hydrogens is 539 g/mol. The number of rotatable bonds is 9. The molecule has 3 aromatic rings. The number of nitro benzene ring substituents is 1. The first-order valence-electron chi connectivity index (χ1n) is 11.1. The Hall–Kier alpha value is -3.53. The van der Waals surface area contributed by atoms with Crippen molar-refractivity contribution < 1.29 is 24.0 Å². The fourth-order valence-corrected chi connectivity index (χ4v) is 4.84. The first kappa shape index (κ1) is 26.5. The maximum Gasteiger partial charge on any atom is 0.293 e. The average molecular weight is 559 g/mol. The molecule has 4 rings (SSSR count). The van der Waals surface area contributed by atoms with E-state index in [1.165, 1.54) is 12.1 Å². The van der Waals surface area contributed by atoms with Gasteiger partial charge in [-0.05, 0) is 65.7 Å². The smallest absolute Gasteiger partial charge is 0.293 e. The predicted molar refractivity (Wildman–Crippen MR) is 143 cm³/mol. The summed E-state index contributed by atoms with van der Waals surface area (Å²) in [6.07, 6.45) is 1.61. The van der Waals surface area contributed by atoms with Gasteiger partial charge in [-0.2, -0.15) is 0 Å². The van der Waals surface area contributed by atoms with E-state index in [0.29, 0.717) is 44.8 Å². The second-order valence-electron chi connectivity index (χ2n) is 7.86. The molecule has 1 aliphatic heterocycles. The third-order valence-electron chi connectivity index (χ3n) is 5.30. The van der Waals surface area contributed by atoms with E-state index < -0.39 is 16.1 Å². The van der Waals surface area contributed by atoms with Crippen molar-refractivity contribution in [1.29, 1.82) is 0 Å². The number of nitro groups is 1. The van der Waals surface area contributed by atoms with Gasteiger partial charge in [-0.1, -0.05) is 47.5 Å². The lowest BCUT2D eigenvalue weighted by Gasteiger charge is -2.14. The number of nitrogens with zero attached hydrogens (tertiary/aromatic N) is 2. The van der Waals surface area contributed by atoms with Crippen LogP contribution in [0.15, 0.2) is 65.6 Å². The third kappa shape index (κ3) is 6.43. The molecule has 0 N–H and O–H groups in total. The van der Waals surface area contributed by atoms with Gasteiger partial charge in [0, 0.05) is 22.2 Å². The van der Waals surface area contributed by atoms with Crippen molar-refractivity contribution in [3.8, 4) is 11.5 Å². The van der Waals surface area contributed by atoms with Crippen LogP contribution in [-0.2, 0) is 17.9 Å². The summed E-state index contributed by atoms with van der Waals surface area (Å²) in [4.78, 5) is 37.4. The molecule has 1 heterocycles. The number of carbonyl (C=O) groups is 2. The van der Waals surface area contributed by atoms with Gasteiger partial charge < -0.3 is 9.47 Å². The minimum absolute atomic E-state index is 0.0197. The van der Waals surface area contributed by atoms with Gasteiger partial charge in [0.1, 0.15) is 6.61 Å². The van der Waals surface area contributed by atoms with Gasteiger partial charge >= 0.3 is 0 Å². The van der Waals surface area contributed by atoms with E-state index in [1.54, 1.807) is 54.6 Å². The molecule has 1 saturated heterocycles. The normalized spacial score (nSPS) is 14.4. The summed E-state index contributed by atoms with van der Waals surface area (Å²) in [6, 6.07) is 16.2. The van der Waals surface area contributed by atoms with Crippen LogP contribution in [0.1, 0.15) is 23.6 Å². The number of amides is 2. The lowest BCUT2D eigenvalue weighted by Crippen LogP contribution is -2.27. The van der Waals surface area contributed by atoms with Crippen molar-refractivity contribution in [1.82, 2.24) is 4.90 Å². The van der Waals surface area contributed by atoms with E-state index in [0.717, 1.165) is 16.7 Å². The van der Waals surface area contributed by atoms with Crippen molar-refractivity contribution in [2.75, 3.05) is 6.61 Å². The maximum absolute atomic E-state index is 13.0. The van der Waals surface area contributed by atoms with Crippen LogP contribution in [-0.4, -0.2) is 27.6 Å². The molecule has 190 valence electrons. The van der Waals surface area contributed by atoms with Crippen molar-refractivity contribution in [3.63, 3.8) is 0 Å². The minimum Gasteiger partial charge on any atom is -0.490 e. The Balaban J connectivity index is 1.51. The summed E-state index contributed by atoms with van der Waals surface area (Å²) < 4.78 is 11.6. The number of imide groups is 1. The van der Waals surface area contributed by atoms with Gasteiger partial charge in [-0.15, -0.1) is 0 Å². The van der Waals surface area contributed by atoms with Crippen LogP contribution in [0.2, 0.25) is 10.0 Å². The van der Waals surface area contributed by atoms with Crippen LogP contribution in [0, 0.1) is 10.1 Å². The van der Waals surface area contributed by atoms with Crippen LogP contribution >= 0.6 is 35.0 Å². The summed E-state index contributed by atoms with van der Waals surface area (Å²) in [5.41, 5.74) is 1.86. The number of halogens is 2. The Morgan fingerprint density at radius 3 is 2.57 bits per heavy atom. The van der Waals surface area contributed by atoms with Crippen molar-refractivity contribution in [2.24, 2.45) is 0 Å². The van der Waals surface area contributed by atoms with Crippen molar-refractivity contribution >= 4 is 57.9 Å². The van der Waals surface area contributed by atoms with E-state index in [9.17, 15) is 19.7 Å². The standard InChI is InChI=1S/C26H20Cl2N2O6S/c1-2-35-23-11-16(6-9-22(23)36-15-17-4-3-5-20(10-17)30(33)34)12-24-25(31)29(26(32)37-24)14-18-7-8-19(27)13-21(18)28/h3-13H,2,14-15H2,1H3/b24-12-. The zero-order valence-corrected chi connectivity index (χ0v) is 21.8. The quantitative estimate of drug-likeness (QED) is 0.156. The molecule has 0 unspecified atom stereocenters. The highest BCUT2D eigenvalue weighted by Gasteiger charge is 2.35. The van der Waals surface area contributed by atoms with Crippen LogP contribution in [0.5, 0.6) is 11.5 Å². The van der Waals surface area contributed by atoms with E-state index in [2.05, 4.69) is 0 Å². The summed E-state index contributed by atoms with van der Waals surface area (Å²) >= 11 is 13.0. The highest BCUT2D eigenvalue weighted by atomic mass is 35.5. The van der Waals surface area contributed by atoms with E-state index in [-0.39, 0.29) is 23.7 Å². The predicted octanol–water partition coefficient (Wildman–Crippen LogP) is 7.12. The Labute approximate surface area is 226 Å². The van der Waals surface area contributed by atoms with E-state index in [1.807, 2.05) is 6.92 Å². The molecule has 0 aromatic heterocycles. The minimum atomic E-state index is -0.463. The Morgan fingerprint density at radius 1 is 1.03 bits per heavy atom. The molecule has 3 aromatic carbocycles. The van der Waals surface area contributed by atoms with E-state index >= 15 is 0 Å². The number of benzene rings is 3. The molecule has 0 spiro atoms. The zero-order valence-electron chi connectivity index (χ0n) is 19.5. The molecule has 8 nitrogen and oxygen atoms in total. The number of carbonyl (C=O) groups excluding carboxylic acids is 2. The fraction of sp³-hybridized carbons (Fsp3) is 0.154. The highest BCUT2D eigenvalue weighted by molar-refractivity contribution is 8.18. The van der Waals surface area contributed by atoms with Gasteiger partial charge in [-0.3, -0.25) is 24.6 Å². The molecule has 1 aliphatic rings. The first-order chi connectivity index (χ1) is 17.7. The van der Waals surface area contributed by atoms with Crippen LogP contribution in [0.4, 0.5) is 10.5 Å². The first-order valence-corrected chi connectivity index (χ1v) is 12.6. The van der Waals surface area contributed by atoms with Gasteiger partial charge in [0.05, 0.1) is 23.0 Å². The molecule has 0 radical (unpaired) electrons. The summed E-state index contributed by atoms with van der Waals surface area (Å²) in [7, 11) is 0. The van der Waals surface area contributed by atoms with Crippen LogP contribution < -0.4 is 9.47 Å². The van der Waals surface area contributed by atoms with Crippen molar-refractivity contribution in [2.45, 2.75) is 20.1 Å². The Kier molecular flexibility index (Phi) is 8.38. The van der Waals surface area contributed by atoms with Crippen LogP contribution in [0.3, 0.4) is 0 Å². The van der Waals surface area contributed by atoms with Gasteiger partial charge in [0.25, 0.3) is 16.8 Å². The molecule has 1 fully saturated rings. The van der Waals surface area contributed by atoms with Gasteiger partial charge in [-0.25, -0.2) is 0 Å². The van der Waals surface area contributed by atoms with Gasteiger partial charge in [0.2, 0.25) is 0 Å². The summed E-state index contributed by atoms with van der Waals surface area (Å²) in [6.45, 7) is 2.33. The highest BCUT2D eigenvalue weighted by Crippen LogP contribution is 2.36. The fourth-order valence-electron chi connectivity index (χ4n) is 3.53. The number of non-ortho nitro benzene ring substituents is 1. The van der Waals surface area contributed by atoms with Gasteiger partial charge in [0.15, 0.2) is 11.5 Å². The maximum atomic E-state index is 13.0.